The predicted octanol–water partition coefficient (Wildman–Crippen LogP) is 5.23. The molecule has 3 aromatic rings. The highest BCUT2D eigenvalue weighted by Gasteiger charge is 2.19. The molecule has 0 aliphatic carbocycles. The van der Waals surface area contributed by atoms with Gasteiger partial charge in [0.1, 0.15) is 18.5 Å². The number of fused-ring (bicyclic) bond motifs is 1. The van der Waals surface area contributed by atoms with E-state index in [9.17, 15) is 4.79 Å². The Morgan fingerprint density at radius 2 is 1.86 bits per heavy atom. The number of hydrogen-bond donors (Lipinski definition) is 0. The van der Waals surface area contributed by atoms with E-state index >= 15 is 0 Å². The highest BCUT2D eigenvalue weighted by atomic mass is 35.5. The van der Waals surface area contributed by atoms with Crippen LogP contribution in [0.25, 0.3) is 10.9 Å². The van der Waals surface area contributed by atoms with Gasteiger partial charge in [0, 0.05) is 17.6 Å². The number of rotatable bonds is 7. The van der Waals surface area contributed by atoms with Gasteiger partial charge < -0.3 is 14.4 Å². The average Bonchev–Trinajstić information content (AvgIpc) is 2.65. The van der Waals surface area contributed by atoms with Gasteiger partial charge in [-0.05, 0) is 38.7 Å². The Hall–Kier alpha value is -2.34. The molecule has 0 fully saturated rings. The van der Waals surface area contributed by atoms with Gasteiger partial charge in [-0.3, -0.25) is 0 Å². The first-order chi connectivity index (χ1) is 13.8. The van der Waals surface area contributed by atoms with E-state index in [0.717, 1.165) is 5.56 Å². The summed E-state index contributed by atoms with van der Waals surface area (Å²) in [5.41, 5.74) is 1.61. The van der Waals surface area contributed by atoms with Crippen LogP contribution in [0.3, 0.4) is 0 Å². The minimum Gasteiger partial charge on any atom is -0.488 e. The first-order valence-corrected chi connectivity index (χ1v) is 9.91. The highest BCUT2D eigenvalue weighted by molar-refractivity contribution is 6.39. The van der Waals surface area contributed by atoms with Gasteiger partial charge >= 0.3 is 5.97 Å². The molecule has 0 bridgehead atoms. The summed E-state index contributed by atoms with van der Waals surface area (Å²) < 4.78 is 11.5. The molecule has 2 aromatic carbocycles. The van der Waals surface area contributed by atoms with Crippen molar-refractivity contribution in [2.45, 2.75) is 19.6 Å². The van der Waals surface area contributed by atoms with Crippen molar-refractivity contribution in [3.05, 3.63) is 69.8 Å². The van der Waals surface area contributed by atoms with Gasteiger partial charge in [-0.1, -0.05) is 53.5 Å². The van der Waals surface area contributed by atoms with Gasteiger partial charge in [-0.25, -0.2) is 9.78 Å². The molecule has 0 aliphatic heterocycles. The van der Waals surface area contributed by atoms with Crippen molar-refractivity contribution in [2.24, 2.45) is 0 Å². The lowest BCUT2D eigenvalue weighted by Gasteiger charge is -2.18. The third-order valence-corrected chi connectivity index (χ3v) is 4.68. The SMILES string of the molecule is CC(CN(C)C)OC(=O)c1cc(OCc2ccccc2)c2c(Cl)cc(Cl)cc2n1. The molecule has 3 rings (SSSR count). The molecule has 0 amide bonds. The zero-order valence-corrected chi connectivity index (χ0v) is 18.0. The van der Waals surface area contributed by atoms with E-state index in [1.807, 2.05) is 56.3 Å². The highest BCUT2D eigenvalue weighted by Crippen LogP contribution is 2.35. The van der Waals surface area contributed by atoms with Crippen molar-refractivity contribution in [1.29, 1.82) is 0 Å². The molecular weight excluding hydrogens is 411 g/mol. The summed E-state index contributed by atoms with van der Waals surface area (Å²) in [7, 11) is 3.83. The summed E-state index contributed by atoms with van der Waals surface area (Å²) in [6.07, 6.45) is -0.286. The molecule has 0 radical (unpaired) electrons. The van der Waals surface area contributed by atoms with E-state index in [4.69, 9.17) is 32.7 Å². The molecule has 152 valence electrons. The first kappa shape index (κ1) is 21.4. The monoisotopic (exact) mass is 432 g/mol. The van der Waals surface area contributed by atoms with Crippen molar-refractivity contribution in [3.63, 3.8) is 0 Å². The van der Waals surface area contributed by atoms with Crippen LogP contribution in [-0.2, 0) is 11.3 Å². The second-order valence-electron chi connectivity index (χ2n) is 7.04. The van der Waals surface area contributed by atoms with Crippen molar-refractivity contribution in [3.8, 4) is 5.75 Å². The summed E-state index contributed by atoms with van der Waals surface area (Å²) in [5, 5.41) is 1.43. The topological polar surface area (TPSA) is 51.7 Å². The lowest BCUT2D eigenvalue weighted by Crippen LogP contribution is -2.28. The number of hydrogen-bond acceptors (Lipinski definition) is 5. The third-order valence-electron chi connectivity index (χ3n) is 4.17. The molecule has 0 saturated heterocycles. The Bertz CT molecular complexity index is 1010. The molecule has 5 nitrogen and oxygen atoms in total. The number of esters is 1. The molecule has 1 unspecified atom stereocenters. The first-order valence-electron chi connectivity index (χ1n) is 9.15. The molecule has 0 N–H and O–H groups in total. The molecule has 1 atom stereocenters. The number of halogens is 2. The number of nitrogens with zero attached hydrogens (tertiary/aromatic N) is 2. The number of aromatic nitrogens is 1. The van der Waals surface area contributed by atoms with Crippen LogP contribution in [0, 0.1) is 0 Å². The van der Waals surface area contributed by atoms with E-state index in [2.05, 4.69) is 4.98 Å². The van der Waals surface area contributed by atoms with Crippen molar-refractivity contribution < 1.29 is 14.3 Å². The number of pyridine rings is 1. The summed E-state index contributed by atoms with van der Waals surface area (Å²) in [6, 6.07) is 14.6. The fraction of sp³-hybridized carbons (Fsp3) is 0.273. The Balaban J connectivity index is 1.95. The maximum Gasteiger partial charge on any atom is 0.357 e. The molecule has 7 heteroatoms. The van der Waals surface area contributed by atoms with E-state index in [1.54, 1.807) is 18.2 Å². The maximum absolute atomic E-state index is 12.7. The van der Waals surface area contributed by atoms with Crippen LogP contribution in [0.4, 0.5) is 0 Å². The Morgan fingerprint density at radius 3 is 2.55 bits per heavy atom. The molecule has 1 aromatic heterocycles. The van der Waals surface area contributed by atoms with Crippen LogP contribution >= 0.6 is 23.2 Å². The second-order valence-corrected chi connectivity index (χ2v) is 7.88. The predicted molar refractivity (Wildman–Crippen MR) is 116 cm³/mol. The van der Waals surface area contributed by atoms with Crippen molar-refractivity contribution >= 4 is 40.1 Å². The van der Waals surface area contributed by atoms with Gasteiger partial charge in [0.15, 0.2) is 5.69 Å². The van der Waals surface area contributed by atoms with Gasteiger partial charge in [-0.15, -0.1) is 0 Å². The normalized spacial score (nSPS) is 12.2. The number of likely N-dealkylation sites (N-methyl/N-ethyl adjacent to an activating group) is 1. The Kier molecular flexibility index (Phi) is 6.96. The summed E-state index contributed by atoms with van der Waals surface area (Å²) >= 11 is 12.5. The standard InChI is InChI=1S/C22H22Cl2N2O3/c1-14(12-26(2)3)29-22(27)19-11-20(28-13-15-7-5-4-6-8-15)21-17(24)9-16(23)10-18(21)25-19/h4-11,14H,12-13H2,1-3H3. The molecular formula is C22H22Cl2N2O3. The van der Waals surface area contributed by atoms with Gasteiger partial charge in [0.05, 0.1) is 15.9 Å². The van der Waals surface area contributed by atoms with Gasteiger partial charge in [-0.2, -0.15) is 0 Å². The number of ether oxygens (including phenoxy) is 2. The lowest BCUT2D eigenvalue weighted by atomic mass is 10.1. The molecule has 0 saturated carbocycles. The Morgan fingerprint density at radius 1 is 1.14 bits per heavy atom. The molecule has 29 heavy (non-hydrogen) atoms. The zero-order chi connectivity index (χ0) is 21.0. The lowest BCUT2D eigenvalue weighted by molar-refractivity contribution is 0.0282. The Labute approximate surface area is 180 Å². The zero-order valence-electron chi connectivity index (χ0n) is 16.5. The van der Waals surface area contributed by atoms with E-state index in [0.29, 0.717) is 39.8 Å². The van der Waals surface area contributed by atoms with Crippen LogP contribution in [0.1, 0.15) is 23.0 Å². The van der Waals surface area contributed by atoms with Gasteiger partial charge in [0.2, 0.25) is 0 Å². The van der Waals surface area contributed by atoms with Crippen LogP contribution in [0.5, 0.6) is 5.75 Å². The summed E-state index contributed by atoms with van der Waals surface area (Å²) in [6.45, 7) is 2.76. The molecule has 0 spiro atoms. The average molecular weight is 433 g/mol. The fourth-order valence-electron chi connectivity index (χ4n) is 3.00. The summed E-state index contributed by atoms with van der Waals surface area (Å²) in [4.78, 5) is 19.0. The third kappa shape index (κ3) is 5.60. The quantitative estimate of drug-likeness (QED) is 0.478. The van der Waals surface area contributed by atoms with Gasteiger partial charge in [0.25, 0.3) is 0 Å². The van der Waals surface area contributed by atoms with E-state index in [-0.39, 0.29) is 11.8 Å². The van der Waals surface area contributed by atoms with E-state index in [1.165, 1.54) is 0 Å². The fourth-order valence-corrected chi connectivity index (χ4v) is 3.57. The van der Waals surface area contributed by atoms with Crippen LogP contribution < -0.4 is 4.74 Å². The van der Waals surface area contributed by atoms with Crippen molar-refractivity contribution in [1.82, 2.24) is 9.88 Å². The van der Waals surface area contributed by atoms with Crippen LogP contribution in [-0.4, -0.2) is 42.6 Å². The second kappa shape index (κ2) is 9.44. The van der Waals surface area contributed by atoms with Crippen molar-refractivity contribution in [2.75, 3.05) is 20.6 Å². The molecule has 0 aliphatic rings. The number of carbonyl (C=O) groups is 1. The number of benzene rings is 2. The minimum absolute atomic E-state index is 0.143. The van der Waals surface area contributed by atoms with E-state index < -0.39 is 5.97 Å². The maximum atomic E-state index is 12.7. The smallest absolute Gasteiger partial charge is 0.357 e. The van der Waals surface area contributed by atoms with Crippen LogP contribution in [0.2, 0.25) is 10.0 Å². The largest absolute Gasteiger partial charge is 0.488 e. The van der Waals surface area contributed by atoms with Crippen LogP contribution in [0.15, 0.2) is 48.5 Å². The summed E-state index contributed by atoms with van der Waals surface area (Å²) in [5.74, 6) is -0.0744. The molecule has 1 heterocycles. The number of carbonyl (C=O) groups excluding carboxylic acids is 1. The minimum atomic E-state index is -0.526.